The van der Waals surface area contributed by atoms with E-state index in [-0.39, 0.29) is 5.91 Å². The number of carbonyl (C=O) groups is 1. The van der Waals surface area contributed by atoms with Gasteiger partial charge >= 0.3 is 0 Å². The number of benzene rings is 2. The molecule has 1 aromatic heterocycles. The molecule has 1 aliphatic rings. The monoisotopic (exact) mass is 332 g/mol. The summed E-state index contributed by atoms with van der Waals surface area (Å²) in [6.45, 7) is 5.54. The number of fused-ring (bicyclic) bond motifs is 5. The molecule has 1 amide bonds. The van der Waals surface area contributed by atoms with Crippen LogP contribution in [-0.2, 0) is 6.54 Å². The molecule has 126 valence electrons. The van der Waals surface area contributed by atoms with Crippen LogP contribution < -0.4 is 4.90 Å². The minimum absolute atomic E-state index is 0.0154. The number of hydrogen-bond donors (Lipinski definition) is 0. The summed E-state index contributed by atoms with van der Waals surface area (Å²) in [6, 6.07) is 15.7. The number of aromatic nitrogens is 3. The maximum Gasteiger partial charge on any atom is 0.258 e. The fourth-order valence-electron chi connectivity index (χ4n) is 3.47. The van der Waals surface area contributed by atoms with Crippen molar-refractivity contribution in [3.8, 4) is 22.5 Å². The molecule has 0 unspecified atom stereocenters. The van der Waals surface area contributed by atoms with Gasteiger partial charge in [0.1, 0.15) is 5.69 Å². The van der Waals surface area contributed by atoms with Crippen LogP contribution in [0.4, 0.5) is 5.69 Å². The van der Waals surface area contributed by atoms with Crippen molar-refractivity contribution in [3.63, 3.8) is 0 Å². The fraction of sp³-hybridized carbons (Fsp3) is 0.250. The van der Waals surface area contributed by atoms with Crippen molar-refractivity contribution in [2.24, 2.45) is 0 Å². The summed E-state index contributed by atoms with van der Waals surface area (Å²) in [5, 5.41) is 8.75. The van der Waals surface area contributed by atoms with E-state index in [9.17, 15) is 4.79 Å². The molecule has 0 N–H and O–H groups in total. The van der Waals surface area contributed by atoms with Crippen LogP contribution in [0, 0.1) is 0 Å². The van der Waals surface area contributed by atoms with Crippen LogP contribution in [0.25, 0.3) is 22.5 Å². The Morgan fingerprint density at radius 2 is 1.60 bits per heavy atom. The van der Waals surface area contributed by atoms with E-state index < -0.39 is 0 Å². The van der Waals surface area contributed by atoms with Crippen LogP contribution in [0.2, 0.25) is 0 Å². The van der Waals surface area contributed by atoms with Gasteiger partial charge in [-0.25, -0.2) is 4.68 Å². The van der Waals surface area contributed by atoms with Crippen LogP contribution in [0.1, 0.15) is 30.6 Å². The van der Waals surface area contributed by atoms with E-state index in [4.69, 9.17) is 0 Å². The quantitative estimate of drug-likeness (QED) is 0.728. The predicted octanol–water partition coefficient (Wildman–Crippen LogP) is 4.00. The first-order chi connectivity index (χ1) is 12.3. The number of aryl methyl sites for hydroxylation is 1. The highest BCUT2D eigenvalue weighted by atomic mass is 16.2. The van der Waals surface area contributed by atoms with Gasteiger partial charge in [0.2, 0.25) is 0 Å². The third-order valence-electron chi connectivity index (χ3n) is 4.59. The summed E-state index contributed by atoms with van der Waals surface area (Å²) in [5.74, 6) is 0.0154. The van der Waals surface area contributed by atoms with E-state index in [1.807, 2.05) is 58.1 Å². The first-order valence-corrected chi connectivity index (χ1v) is 8.70. The Labute approximate surface area is 146 Å². The predicted molar refractivity (Wildman–Crippen MR) is 98.5 cm³/mol. The number of amides is 1. The smallest absolute Gasteiger partial charge is 0.258 e. The molecule has 0 fully saturated rings. The second-order valence-corrected chi connectivity index (χ2v) is 6.12. The third kappa shape index (κ3) is 2.35. The Bertz CT molecular complexity index is 944. The second-order valence-electron chi connectivity index (χ2n) is 6.12. The molecule has 25 heavy (non-hydrogen) atoms. The van der Waals surface area contributed by atoms with Crippen LogP contribution in [0.15, 0.2) is 48.5 Å². The summed E-state index contributed by atoms with van der Waals surface area (Å²) < 4.78 is 1.91. The lowest BCUT2D eigenvalue weighted by Crippen LogP contribution is -2.33. The Morgan fingerprint density at radius 1 is 0.920 bits per heavy atom. The maximum atomic E-state index is 13.3. The zero-order chi connectivity index (χ0) is 17.4. The second kappa shape index (κ2) is 6.16. The largest absolute Gasteiger partial charge is 0.308 e. The van der Waals surface area contributed by atoms with Crippen LogP contribution in [0.5, 0.6) is 0 Å². The highest BCUT2D eigenvalue weighted by molar-refractivity contribution is 6.13. The first kappa shape index (κ1) is 15.6. The molecular weight excluding hydrogens is 312 g/mol. The van der Waals surface area contributed by atoms with Gasteiger partial charge in [-0.15, -0.1) is 5.10 Å². The van der Waals surface area contributed by atoms with Gasteiger partial charge in [-0.1, -0.05) is 48.5 Å². The summed E-state index contributed by atoms with van der Waals surface area (Å²) in [7, 11) is 0. The fourth-order valence-corrected chi connectivity index (χ4v) is 3.47. The Hall–Kier alpha value is -2.95. The Balaban J connectivity index is 2.11. The minimum atomic E-state index is 0.0154. The molecule has 5 heteroatoms. The molecule has 0 atom stereocenters. The molecule has 0 spiro atoms. The van der Waals surface area contributed by atoms with Crippen LogP contribution >= 0.6 is 0 Å². The average molecular weight is 332 g/mol. The molecule has 0 saturated carbocycles. The highest BCUT2D eigenvalue weighted by Gasteiger charge is 2.30. The number of carbonyl (C=O) groups excluding carboxylic acids is 1. The summed E-state index contributed by atoms with van der Waals surface area (Å²) in [5.41, 5.74) is 5.18. The van der Waals surface area contributed by atoms with Crippen LogP contribution in [0.3, 0.4) is 0 Å². The van der Waals surface area contributed by atoms with Gasteiger partial charge in [-0.05, 0) is 25.5 Å². The van der Waals surface area contributed by atoms with Crippen molar-refractivity contribution in [2.45, 2.75) is 26.8 Å². The lowest BCUT2D eigenvalue weighted by molar-refractivity contribution is 0.0987. The zero-order valence-corrected chi connectivity index (χ0v) is 14.4. The minimum Gasteiger partial charge on any atom is -0.308 e. The standard InChI is InChI=1S/C20H20N4O/c1-3-13-23-17-12-8-7-11-16(17)19-18(21-22-24(19)4-2)14-9-5-6-10-15(14)20(23)25/h5-12H,3-4,13H2,1-2H3. The van der Waals surface area contributed by atoms with Crippen molar-refractivity contribution < 1.29 is 4.79 Å². The summed E-state index contributed by atoms with van der Waals surface area (Å²) in [4.78, 5) is 15.2. The first-order valence-electron chi connectivity index (χ1n) is 8.70. The van der Waals surface area contributed by atoms with Crippen LogP contribution in [-0.4, -0.2) is 27.4 Å². The SMILES string of the molecule is CCCN1C(=O)c2ccccc2-c2nnn(CC)c2-c2ccccc21. The topological polar surface area (TPSA) is 51.0 Å². The van der Waals surface area contributed by atoms with E-state index in [0.717, 1.165) is 41.2 Å². The van der Waals surface area contributed by atoms with Gasteiger partial charge < -0.3 is 4.90 Å². The number of hydrogen-bond acceptors (Lipinski definition) is 3. The van der Waals surface area contributed by atoms with Crippen molar-refractivity contribution in [3.05, 3.63) is 54.1 Å². The van der Waals surface area contributed by atoms with E-state index in [1.165, 1.54) is 0 Å². The van der Waals surface area contributed by atoms with E-state index >= 15 is 0 Å². The molecule has 0 aliphatic carbocycles. The molecular formula is C20H20N4O. The molecule has 0 bridgehead atoms. The van der Waals surface area contributed by atoms with E-state index in [2.05, 4.69) is 24.2 Å². The molecule has 2 aromatic carbocycles. The lowest BCUT2D eigenvalue weighted by atomic mass is 9.95. The zero-order valence-electron chi connectivity index (χ0n) is 14.4. The van der Waals surface area contributed by atoms with Gasteiger partial charge in [0.05, 0.1) is 11.4 Å². The van der Waals surface area contributed by atoms with Gasteiger partial charge in [-0.3, -0.25) is 4.79 Å². The lowest BCUT2D eigenvalue weighted by Gasteiger charge is -2.28. The van der Waals surface area contributed by atoms with Gasteiger partial charge in [0, 0.05) is 29.8 Å². The van der Waals surface area contributed by atoms with Gasteiger partial charge in [0.15, 0.2) is 0 Å². The number of para-hydroxylation sites is 1. The maximum absolute atomic E-state index is 13.3. The average Bonchev–Trinajstić information content (AvgIpc) is 3.08. The number of nitrogens with zero attached hydrogens (tertiary/aromatic N) is 4. The molecule has 2 heterocycles. The molecule has 0 radical (unpaired) electrons. The van der Waals surface area contributed by atoms with E-state index in [1.54, 1.807) is 0 Å². The Morgan fingerprint density at radius 3 is 2.32 bits per heavy atom. The molecule has 3 aromatic rings. The summed E-state index contributed by atoms with van der Waals surface area (Å²) >= 11 is 0. The molecule has 1 aliphatic heterocycles. The number of anilines is 1. The van der Waals surface area contributed by atoms with Crippen molar-refractivity contribution >= 4 is 11.6 Å². The van der Waals surface area contributed by atoms with Gasteiger partial charge in [-0.2, -0.15) is 0 Å². The van der Waals surface area contributed by atoms with Crippen molar-refractivity contribution in [2.75, 3.05) is 11.4 Å². The number of rotatable bonds is 3. The third-order valence-corrected chi connectivity index (χ3v) is 4.59. The van der Waals surface area contributed by atoms with E-state index in [0.29, 0.717) is 12.1 Å². The normalized spacial score (nSPS) is 12.9. The highest BCUT2D eigenvalue weighted by Crippen LogP contribution is 2.40. The Kier molecular flexibility index (Phi) is 3.84. The molecule has 5 nitrogen and oxygen atoms in total. The molecule has 0 saturated heterocycles. The van der Waals surface area contributed by atoms with Gasteiger partial charge in [0.25, 0.3) is 5.91 Å². The molecule has 4 rings (SSSR count). The van der Waals surface area contributed by atoms with Crippen molar-refractivity contribution in [1.82, 2.24) is 15.0 Å². The summed E-state index contributed by atoms with van der Waals surface area (Å²) in [6.07, 6.45) is 0.889. The van der Waals surface area contributed by atoms with Crippen molar-refractivity contribution in [1.29, 1.82) is 0 Å².